The Morgan fingerprint density at radius 2 is 1.83 bits per heavy atom. The molecule has 0 bridgehead atoms. The van der Waals surface area contributed by atoms with Gasteiger partial charge in [0.1, 0.15) is 0 Å². The standard InChI is InChI=1S/C19H22N4/c1-16-18(15-23(22-16)19-7-3-2-4-8-19)6-5-11-21-14-17-9-12-20-13-10-17/h2-4,7-10,12-13,15,21H,5-6,11,14H2,1H3. The maximum atomic E-state index is 4.62. The van der Waals surface area contributed by atoms with E-state index < -0.39 is 0 Å². The molecule has 0 radical (unpaired) electrons. The third-order valence-corrected chi connectivity index (χ3v) is 3.90. The molecule has 0 aliphatic rings. The maximum Gasteiger partial charge on any atom is 0.0645 e. The second kappa shape index (κ2) is 7.70. The van der Waals surface area contributed by atoms with Gasteiger partial charge < -0.3 is 5.32 Å². The number of hydrogen-bond acceptors (Lipinski definition) is 3. The number of benzene rings is 1. The summed E-state index contributed by atoms with van der Waals surface area (Å²) >= 11 is 0. The zero-order chi connectivity index (χ0) is 15.9. The fourth-order valence-electron chi connectivity index (χ4n) is 2.59. The maximum absolute atomic E-state index is 4.62. The molecule has 1 N–H and O–H groups in total. The Morgan fingerprint density at radius 3 is 2.61 bits per heavy atom. The first kappa shape index (κ1) is 15.4. The average Bonchev–Trinajstić information content (AvgIpc) is 2.97. The van der Waals surface area contributed by atoms with E-state index in [0.717, 1.165) is 37.3 Å². The van der Waals surface area contributed by atoms with Crippen molar-refractivity contribution >= 4 is 0 Å². The van der Waals surface area contributed by atoms with Crippen LogP contribution in [0.25, 0.3) is 5.69 Å². The molecule has 4 heteroatoms. The SMILES string of the molecule is Cc1nn(-c2ccccc2)cc1CCCNCc1ccncc1. The molecule has 118 valence electrons. The van der Waals surface area contributed by atoms with Crippen molar-refractivity contribution in [2.75, 3.05) is 6.54 Å². The van der Waals surface area contributed by atoms with Crippen LogP contribution in [-0.4, -0.2) is 21.3 Å². The minimum Gasteiger partial charge on any atom is -0.313 e. The molecule has 3 aromatic rings. The highest BCUT2D eigenvalue weighted by atomic mass is 15.3. The normalized spacial score (nSPS) is 10.8. The molecule has 0 saturated carbocycles. The molecule has 2 aromatic heterocycles. The van der Waals surface area contributed by atoms with Crippen molar-refractivity contribution < 1.29 is 0 Å². The molecule has 23 heavy (non-hydrogen) atoms. The van der Waals surface area contributed by atoms with Crippen LogP contribution in [0.1, 0.15) is 23.2 Å². The predicted octanol–water partition coefficient (Wildman–Crippen LogP) is 3.30. The van der Waals surface area contributed by atoms with Gasteiger partial charge in [-0.15, -0.1) is 0 Å². The molecular formula is C19H22N4. The van der Waals surface area contributed by atoms with Crippen LogP contribution in [-0.2, 0) is 13.0 Å². The number of hydrogen-bond donors (Lipinski definition) is 1. The highest BCUT2D eigenvalue weighted by Crippen LogP contribution is 2.13. The number of para-hydroxylation sites is 1. The monoisotopic (exact) mass is 306 g/mol. The highest BCUT2D eigenvalue weighted by molar-refractivity contribution is 5.32. The predicted molar refractivity (Wildman–Crippen MR) is 92.6 cm³/mol. The van der Waals surface area contributed by atoms with Gasteiger partial charge in [-0.2, -0.15) is 5.10 Å². The second-order valence-electron chi connectivity index (χ2n) is 5.66. The summed E-state index contributed by atoms with van der Waals surface area (Å²) in [4.78, 5) is 4.03. The molecular weight excluding hydrogens is 284 g/mol. The fourth-order valence-corrected chi connectivity index (χ4v) is 2.59. The minimum absolute atomic E-state index is 0.894. The summed E-state index contributed by atoms with van der Waals surface area (Å²) < 4.78 is 1.97. The van der Waals surface area contributed by atoms with Gasteiger partial charge in [0.25, 0.3) is 0 Å². The van der Waals surface area contributed by atoms with Gasteiger partial charge in [-0.3, -0.25) is 4.98 Å². The van der Waals surface area contributed by atoms with Crippen LogP contribution in [0, 0.1) is 6.92 Å². The molecule has 0 aliphatic heterocycles. The van der Waals surface area contributed by atoms with E-state index in [1.165, 1.54) is 11.1 Å². The Balaban J connectivity index is 1.48. The summed E-state index contributed by atoms with van der Waals surface area (Å²) in [6, 6.07) is 14.3. The van der Waals surface area contributed by atoms with E-state index >= 15 is 0 Å². The van der Waals surface area contributed by atoms with Crippen molar-refractivity contribution in [1.82, 2.24) is 20.1 Å². The van der Waals surface area contributed by atoms with E-state index in [4.69, 9.17) is 0 Å². The lowest BCUT2D eigenvalue weighted by atomic mass is 10.1. The van der Waals surface area contributed by atoms with E-state index in [9.17, 15) is 0 Å². The first-order valence-corrected chi connectivity index (χ1v) is 8.03. The van der Waals surface area contributed by atoms with E-state index in [1.54, 1.807) is 0 Å². The molecule has 0 fully saturated rings. The number of aromatic nitrogens is 3. The molecule has 0 amide bonds. The van der Waals surface area contributed by atoms with Gasteiger partial charge in [0.2, 0.25) is 0 Å². The Morgan fingerprint density at radius 1 is 1.04 bits per heavy atom. The number of nitrogens with zero attached hydrogens (tertiary/aromatic N) is 3. The van der Waals surface area contributed by atoms with Gasteiger partial charge in [0.05, 0.1) is 11.4 Å². The third-order valence-electron chi connectivity index (χ3n) is 3.90. The lowest BCUT2D eigenvalue weighted by Gasteiger charge is -2.04. The summed E-state index contributed by atoms with van der Waals surface area (Å²) in [5.74, 6) is 0. The van der Waals surface area contributed by atoms with Gasteiger partial charge in [-0.1, -0.05) is 18.2 Å². The molecule has 2 heterocycles. The van der Waals surface area contributed by atoms with Crippen molar-refractivity contribution in [3.8, 4) is 5.69 Å². The largest absolute Gasteiger partial charge is 0.313 e. The smallest absolute Gasteiger partial charge is 0.0645 e. The van der Waals surface area contributed by atoms with Crippen LogP contribution in [0.15, 0.2) is 61.1 Å². The van der Waals surface area contributed by atoms with Crippen molar-refractivity contribution in [2.24, 2.45) is 0 Å². The lowest BCUT2D eigenvalue weighted by molar-refractivity contribution is 0.648. The third kappa shape index (κ3) is 4.27. The summed E-state index contributed by atoms with van der Waals surface area (Å²) in [7, 11) is 0. The number of aryl methyl sites for hydroxylation is 2. The van der Waals surface area contributed by atoms with Crippen LogP contribution in [0.3, 0.4) is 0 Å². The van der Waals surface area contributed by atoms with Gasteiger partial charge in [-0.25, -0.2) is 4.68 Å². The van der Waals surface area contributed by atoms with E-state index in [1.807, 2.05) is 47.4 Å². The van der Waals surface area contributed by atoms with Crippen molar-refractivity contribution in [3.63, 3.8) is 0 Å². The first-order chi connectivity index (χ1) is 11.3. The minimum atomic E-state index is 0.894. The molecule has 0 atom stereocenters. The van der Waals surface area contributed by atoms with Crippen LogP contribution < -0.4 is 5.32 Å². The highest BCUT2D eigenvalue weighted by Gasteiger charge is 2.05. The second-order valence-corrected chi connectivity index (χ2v) is 5.66. The topological polar surface area (TPSA) is 42.7 Å². The van der Waals surface area contributed by atoms with Gasteiger partial charge in [0.15, 0.2) is 0 Å². The zero-order valence-corrected chi connectivity index (χ0v) is 13.4. The molecule has 0 aliphatic carbocycles. The summed E-state index contributed by atoms with van der Waals surface area (Å²) in [6.45, 7) is 3.97. The van der Waals surface area contributed by atoms with E-state index in [2.05, 4.69) is 40.7 Å². The molecule has 0 saturated heterocycles. The fraction of sp³-hybridized carbons (Fsp3) is 0.263. The van der Waals surface area contributed by atoms with Crippen LogP contribution in [0.5, 0.6) is 0 Å². The lowest BCUT2D eigenvalue weighted by Crippen LogP contribution is -2.15. The Bertz CT molecular complexity index is 720. The first-order valence-electron chi connectivity index (χ1n) is 8.03. The van der Waals surface area contributed by atoms with Gasteiger partial charge >= 0.3 is 0 Å². The Labute approximate surface area is 137 Å². The molecule has 0 unspecified atom stereocenters. The number of pyridine rings is 1. The molecule has 3 rings (SSSR count). The molecule has 1 aromatic carbocycles. The van der Waals surface area contributed by atoms with Crippen LogP contribution in [0.4, 0.5) is 0 Å². The summed E-state index contributed by atoms with van der Waals surface area (Å²) in [5.41, 5.74) is 4.81. The number of nitrogens with one attached hydrogen (secondary N) is 1. The van der Waals surface area contributed by atoms with Crippen molar-refractivity contribution in [2.45, 2.75) is 26.3 Å². The Hall–Kier alpha value is -2.46. The van der Waals surface area contributed by atoms with Crippen LogP contribution >= 0.6 is 0 Å². The zero-order valence-electron chi connectivity index (χ0n) is 13.4. The quantitative estimate of drug-likeness (QED) is 0.681. The van der Waals surface area contributed by atoms with Crippen molar-refractivity contribution in [1.29, 1.82) is 0 Å². The van der Waals surface area contributed by atoms with E-state index in [-0.39, 0.29) is 0 Å². The average molecular weight is 306 g/mol. The van der Waals surface area contributed by atoms with E-state index in [0.29, 0.717) is 0 Å². The number of rotatable bonds is 7. The van der Waals surface area contributed by atoms with Gasteiger partial charge in [0, 0.05) is 25.1 Å². The molecule has 0 spiro atoms. The summed E-state index contributed by atoms with van der Waals surface area (Å²) in [6.07, 6.45) is 7.96. The van der Waals surface area contributed by atoms with Crippen LogP contribution in [0.2, 0.25) is 0 Å². The summed E-state index contributed by atoms with van der Waals surface area (Å²) in [5, 5.41) is 8.09. The van der Waals surface area contributed by atoms with Gasteiger partial charge in [-0.05, 0) is 61.7 Å². The Kier molecular flexibility index (Phi) is 5.17. The molecule has 4 nitrogen and oxygen atoms in total. The van der Waals surface area contributed by atoms with Crippen molar-refractivity contribution in [3.05, 3.63) is 77.9 Å².